The van der Waals surface area contributed by atoms with E-state index in [9.17, 15) is 102 Å². The van der Waals surface area contributed by atoms with Crippen LogP contribution in [0.3, 0.4) is 0 Å². The summed E-state index contributed by atoms with van der Waals surface area (Å²) in [4.78, 5) is 27.0. The molecule has 20 N–H and O–H groups in total. The number of rotatable bonds is 58. The summed E-state index contributed by atoms with van der Waals surface area (Å²) in [5, 5.41) is 206. The molecule has 34 nitrogen and oxygen atoms in total. The van der Waals surface area contributed by atoms with Gasteiger partial charge in [-0.2, -0.15) is 0 Å². The van der Waals surface area contributed by atoms with Crippen molar-refractivity contribution in [2.75, 3.05) is 39.6 Å². The quantitative estimate of drug-likeness (QED) is 0.0304. The topological polar surface area (TPSA) is 533 Å². The van der Waals surface area contributed by atoms with Crippen LogP contribution >= 0.6 is 0 Å². The Bertz CT molecular complexity index is 2600. The molecule has 0 spiro atoms. The molecule has 34 heteroatoms. The second kappa shape index (κ2) is 56.4. The van der Waals surface area contributed by atoms with Crippen LogP contribution in [0, 0.1) is 0 Å². The number of amides is 2. The molecule has 6 aliphatic heterocycles. The fourth-order valence-electron chi connectivity index (χ4n) is 16.0. The zero-order valence-electron chi connectivity index (χ0n) is 69.1. The first-order valence-corrected chi connectivity index (χ1v) is 43.8. The molecule has 116 heavy (non-hydrogen) atoms. The van der Waals surface area contributed by atoms with Crippen molar-refractivity contribution in [2.24, 2.45) is 0 Å². The minimum absolute atomic E-state index is 0.171. The molecule has 6 heterocycles. The van der Waals surface area contributed by atoms with E-state index in [1.54, 1.807) is 6.08 Å². The Balaban J connectivity index is 1.09. The summed E-state index contributed by atoms with van der Waals surface area (Å²) < 4.78 is 71.8. The molecule has 32 atom stereocenters. The maximum absolute atomic E-state index is 13.6. The van der Waals surface area contributed by atoms with Gasteiger partial charge in [-0.25, -0.2) is 0 Å². The number of carbonyl (C=O) groups excluding carboxylic acids is 2. The van der Waals surface area contributed by atoms with Crippen LogP contribution in [0.25, 0.3) is 0 Å². The van der Waals surface area contributed by atoms with Gasteiger partial charge in [0.25, 0.3) is 0 Å². The number of hydrogen-bond donors (Lipinski definition) is 20. The Morgan fingerprint density at radius 1 is 0.353 bits per heavy atom. The largest absolute Gasteiger partial charge is 0.394 e. The lowest BCUT2D eigenvalue weighted by molar-refractivity contribution is -0.397. The van der Waals surface area contributed by atoms with Gasteiger partial charge in [0.05, 0.1) is 57.9 Å². The number of allylic oxidation sites excluding steroid dienone is 1. The summed E-state index contributed by atoms with van der Waals surface area (Å²) >= 11 is 0. The maximum atomic E-state index is 13.6. The summed E-state index contributed by atoms with van der Waals surface area (Å²) in [6, 6.07) is -2.97. The molecule has 0 radical (unpaired) electrons. The molecule has 6 fully saturated rings. The highest BCUT2D eigenvalue weighted by Crippen LogP contribution is 2.39. The van der Waals surface area contributed by atoms with E-state index < -0.39 is 242 Å². The average molecular weight is 1680 g/mol. The van der Waals surface area contributed by atoms with Gasteiger partial charge in [0.2, 0.25) is 11.8 Å². The molecule has 2 amide bonds. The van der Waals surface area contributed by atoms with Crippen molar-refractivity contribution in [1.29, 1.82) is 0 Å². The molecule has 0 aromatic heterocycles. The number of aliphatic hydroxyl groups excluding tert-OH is 18. The lowest BCUT2D eigenvalue weighted by Crippen LogP contribution is -2.71. The number of carbonyl (C=O) groups is 2. The van der Waals surface area contributed by atoms with Crippen LogP contribution in [0.4, 0.5) is 0 Å². The number of unbranched alkanes of at least 4 members (excludes halogenated alkanes) is 33. The zero-order valence-corrected chi connectivity index (χ0v) is 69.1. The Kier molecular flexibility index (Phi) is 49.7. The van der Waals surface area contributed by atoms with Gasteiger partial charge in [-0.3, -0.25) is 9.59 Å². The van der Waals surface area contributed by atoms with Gasteiger partial charge < -0.3 is 159 Å². The highest BCUT2D eigenvalue weighted by atomic mass is 16.8. The van der Waals surface area contributed by atoms with E-state index in [0.717, 1.165) is 58.3 Å². The van der Waals surface area contributed by atoms with E-state index in [-0.39, 0.29) is 12.3 Å². The van der Waals surface area contributed by atoms with Crippen LogP contribution in [0.5, 0.6) is 0 Å². The van der Waals surface area contributed by atoms with E-state index in [1.807, 2.05) is 6.08 Å². The van der Waals surface area contributed by atoms with Crippen LogP contribution in [0.2, 0.25) is 0 Å². The molecular weight excluding hydrogens is 1520 g/mol. The smallest absolute Gasteiger partial charge is 0.220 e. The lowest BCUT2D eigenvalue weighted by Gasteiger charge is -2.52. The van der Waals surface area contributed by atoms with Crippen molar-refractivity contribution in [2.45, 2.75) is 455 Å². The predicted octanol–water partition coefficient (Wildman–Crippen LogP) is 1.58. The van der Waals surface area contributed by atoms with Gasteiger partial charge in [-0.15, -0.1) is 0 Å². The SMILES string of the molecule is CCCCCCCCCCCCC/C=C/[C@@H](O)[C@H](CO[C@@H]1OC(CO)[C@@H](O[C@@H]2OC(CO)[C@H](O)[C@H](O[C@@H]3OC(CO)[C@@H](O[C@@H]4OC(CO)[C@H](O)[C@H](O[C@H]5OC(CO)[C@H](O)[C@H](O)C5O)C4O)[C@H](O[C@H]4OC(C)[C@@H](O)C(O)[C@@H]4O)C3NC(C)=O)C2O)[C@H](O)C1O)NC(=O)CCCCCCCCCCCCCCCCCCCCCCCCC. The third-order valence-corrected chi connectivity index (χ3v) is 23.3. The second-order valence-electron chi connectivity index (χ2n) is 32.7. The van der Waals surface area contributed by atoms with Crippen molar-refractivity contribution < 1.29 is 158 Å². The molecule has 0 bridgehead atoms. The van der Waals surface area contributed by atoms with Gasteiger partial charge >= 0.3 is 0 Å². The van der Waals surface area contributed by atoms with Gasteiger partial charge in [0.1, 0.15) is 140 Å². The van der Waals surface area contributed by atoms with Crippen LogP contribution in [0.15, 0.2) is 12.2 Å². The van der Waals surface area contributed by atoms with Crippen molar-refractivity contribution in [3.05, 3.63) is 12.2 Å². The third-order valence-electron chi connectivity index (χ3n) is 23.3. The van der Waals surface area contributed by atoms with Crippen molar-refractivity contribution in [1.82, 2.24) is 10.6 Å². The fourth-order valence-corrected chi connectivity index (χ4v) is 16.0. The van der Waals surface area contributed by atoms with Gasteiger partial charge in [-0.1, -0.05) is 231 Å². The monoisotopic (exact) mass is 1680 g/mol. The van der Waals surface area contributed by atoms with Crippen LogP contribution in [-0.2, 0) is 66.4 Å². The van der Waals surface area contributed by atoms with E-state index in [4.69, 9.17) is 56.8 Å². The number of ether oxygens (including phenoxy) is 12. The van der Waals surface area contributed by atoms with Crippen LogP contribution in [-0.4, -0.2) is 340 Å². The van der Waals surface area contributed by atoms with Gasteiger partial charge in [0, 0.05) is 13.3 Å². The van der Waals surface area contributed by atoms with Crippen molar-refractivity contribution in [3.8, 4) is 0 Å². The Labute approximate surface area is 685 Å². The predicted molar refractivity (Wildman–Crippen MR) is 418 cm³/mol. The maximum Gasteiger partial charge on any atom is 0.220 e. The van der Waals surface area contributed by atoms with E-state index in [2.05, 4.69) is 24.5 Å². The minimum Gasteiger partial charge on any atom is -0.394 e. The molecule has 0 aromatic carbocycles. The van der Waals surface area contributed by atoms with E-state index >= 15 is 0 Å². The number of nitrogens with one attached hydrogen (secondary N) is 2. The highest BCUT2D eigenvalue weighted by molar-refractivity contribution is 5.76. The molecule has 0 aliphatic carbocycles. The summed E-state index contributed by atoms with van der Waals surface area (Å²) in [5.41, 5.74) is 0. The Morgan fingerprint density at radius 2 is 0.690 bits per heavy atom. The summed E-state index contributed by atoms with van der Waals surface area (Å²) in [6.45, 7) is 1.28. The number of hydrogen-bond acceptors (Lipinski definition) is 32. The minimum atomic E-state index is -2.25. The number of aliphatic hydroxyl groups is 18. The second-order valence-corrected chi connectivity index (χ2v) is 32.7. The zero-order chi connectivity index (χ0) is 84.6. The van der Waals surface area contributed by atoms with Crippen LogP contribution < -0.4 is 10.6 Å². The fraction of sp³-hybridized carbons (Fsp3) is 0.951. The van der Waals surface area contributed by atoms with Crippen molar-refractivity contribution >= 4 is 11.8 Å². The molecule has 0 aromatic rings. The standard InChI is InChI=1S/C82H150N2O32/c1-5-7-9-11-13-15-17-19-20-21-22-23-24-25-26-27-28-30-32-34-36-38-40-42-58(92)84-51(52(91)41-39-37-35-33-31-29-18-16-14-12-10-8-6-2)48-105-78-69(102)66(99)72(56(46-88)111-78)112-81-70(103)75(62(95)54(44-86)108-81)115-77-59(83-50(4)90)74(114-79-67(100)64(97)60(93)49(3)106-79)73(57(47-89)110-77)113-82-71(104)76(63(96)55(45-87)109-82)116-80-68(101)65(98)61(94)53(43-85)107-80/h39,41,49,51-57,59-82,85-89,91,93-104H,5-38,40,42-48H2,1-4H3,(H,83,90)(H,84,92)/b41-39+/t49?,51-,52+,53?,54?,55?,56?,57?,59?,60+,61-,62-,63-,64?,65-,66+,67-,68?,69?,70?,71?,72+,73+,74+,75-,76-,77-,78+,79+,80+,81-,82-/m0/s1. The lowest BCUT2D eigenvalue weighted by atomic mass is 9.93. The molecule has 6 rings (SSSR count). The first-order valence-electron chi connectivity index (χ1n) is 43.8. The summed E-state index contributed by atoms with van der Waals surface area (Å²) in [7, 11) is 0. The highest BCUT2D eigenvalue weighted by Gasteiger charge is 2.59. The van der Waals surface area contributed by atoms with E-state index in [0.29, 0.717) is 12.8 Å². The molecule has 6 aliphatic rings. The first kappa shape index (κ1) is 102. The summed E-state index contributed by atoms with van der Waals surface area (Å²) in [5.74, 6) is -1.25. The average Bonchev–Trinajstić information content (AvgIpc) is 0.758. The van der Waals surface area contributed by atoms with Gasteiger partial charge in [0.15, 0.2) is 37.7 Å². The Morgan fingerprint density at radius 3 is 1.13 bits per heavy atom. The molecular formula is C82H150N2O32. The van der Waals surface area contributed by atoms with Crippen LogP contribution in [0.1, 0.15) is 259 Å². The molecule has 12 unspecified atom stereocenters. The molecule has 6 saturated heterocycles. The van der Waals surface area contributed by atoms with Gasteiger partial charge in [-0.05, 0) is 26.2 Å². The Hall–Kier alpha value is -2.52. The van der Waals surface area contributed by atoms with E-state index in [1.165, 1.54) is 167 Å². The summed E-state index contributed by atoms with van der Waals surface area (Å²) in [6.07, 6.45) is -11.6. The normalized spacial score (nSPS) is 36.4. The molecule has 680 valence electrons. The first-order chi connectivity index (χ1) is 55.9. The molecule has 0 saturated carbocycles. The van der Waals surface area contributed by atoms with Crippen molar-refractivity contribution in [3.63, 3.8) is 0 Å². The third kappa shape index (κ3) is 32.5.